The molecular weight excluding hydrogens is 381 g/mol. The molecule has 1 heterocycles. The van der Waals surface area contributed by atoms with Crippen molar-refractivity contribution in [3.05, 3.63) is 27.5 Å². The highest BCUT2D eigenvalue weighted by atomic mass is 127. The monoisotopic (exact) mass is 399 g/mol. The Hall–Kier alpha value is -1.57. The van der Waals surface area contributed by atoms with Crippen molar-refractivity contribution in [3.63, 3.8) is 0 Å². The zero-order chi connectivity index (χ0) is 15.4. The third-order valence-corrected chi connectivity index (χ3v) is 4.27. The normalized spacial score (nSPS) is 10.3. The smallest absolute Gasteiger partial charge is 0.171 e. The second-order valence-corrected chi connectivity index (χ2v) is 5.38. The molecule has 0 amide bonds. The first-order valence-corrected chi connectivity index (χ1v) is 7.69. The molecule has 0 radical (unpaired) electrons. The zero-order valence-corrected chi connectivity index (χ0v) is 14.7. The molecule has 0 saturated carbocycles. The predicted molar refractivity (Wildman–Crippen MR) is 92.2 cm³/mol. The molecule has 2 rings (SSSR count). The Morgan fingerprint density at radius 3 is 2.52 bits per heavy atom. The third kappa shape index (κ3) is 3.04. The van der Waals surface area contributed by atoms with E-state index in [9.17, 15) is 0 Å². The van der Waals surface area contributed by atoms with Crippen LogP contribution in [0.1, 0.15) is 12.6 Å². The number of methoxy groups -OCH3 is 2. The van der Waals surface area contributed by atoms with Gasteiger partial charge in [0.2, 0.25) is 0 Å². The van der Waals surface area contributed by atoms with E-state index in [1.165, 1.54) is 0 Å². The molecule has 0 aliphatic rings. The van der Waals surface area contributed by atoms with Crippen molar-refractivity contribution in [2.45, 2.75) is 13.3 Å². The number of nitrogens with zero attached hydrogens (tertiary/aromatic N) is 2. The van der Waals surface area contributed by atoms with Gasteiger partial charge in [0.15, 0.2) is 17.3 Å². The number of nitrogens with one attached hydrogen (secondary N) is 1. The topological polar surface area (TPSA) is 56.3 Å². The van der Waals surface area contributed by atoms with E-state index >= 15 is 0 Å². The van der Waals surface area contributed by atoms with Crippen LogP contribution >= 0.6 is 22.6 Å². The van der Waals surface area contributed by atoms with Crippen molar-refractivity contribution in [3.8, 4) is 22.9 Å². The summed E-state index contributed by atoms with van der Waals surface area (Å²) in [5.41, 5.74) is 1.83. The maximum Gasteiger partial charge on any atom is 0.171 e. The number of aryl methyl sites for hydroxylation is 1. The molecule has 0 bridgehead atoms. The number of hydrogen-bond donors (Lipinski definition) is 1. The number of aromatic nitrogens is 2. The maximum absolute atomic E-state index is 5.47. The van der Waals surface area contributed by atoms with E-state index < -0.39 is 0 Å². The number of hydrogen-bond acceptors (Lipinski definition) is 5. The maximum atomic E-state index is 5.47. The van der Waals surface area contributed by atoms with E-state index in [0.717, 1.165) is 27.1 Å². The molecular formula is C15H18IN3O2. The molecule has 1 aromatic heterocycles. The number of ether oxygens (including phenoxy) is 2. The number of halogens is 1. The standard InChI is InChI=1S/C15H18IN3O2/c1-5-10-12(16)15(17-2)19-14(18-10)9-7-6-8-11(20-3)13(9)21-4/h6-8H,5H2,1-4H3,(H,17,18,19). The molecule has 0 aliphatic heterocycles. The zero-order valence-electron chi connectivity index (χ0n) is 12.5. The molecule has 1 N–H and O–H groups in total. The summed E-state index contributed by atoms with van der Waals surface area (Å²) >= 11 is 2.27. The van der Waals surface area contributed by atoms with Gasteiger partial charge in [-0.05, 0) is 41.1 Å². The van der Waals surface area contributed by atoms with Gasteiger partial charge >= 0.3 is 0 Å². The van der Waals surface area contributed by atoms with E-state index in [1.54, 1.807) is 14.2 Å². The molecule has 0 saturated heterocycles. The first-order chi connectivity index (χ1) is 10.2. The molecule has 0 unspecified atom stereocenters. The van der Waals surface area contributed by atoms with Crippen LogP contribution in [-0.2, 0) is 6.42 Å². The molecule has 5 nitrogen and oxygen atoms in total. The van der Waals surface area contributed by atoms with E-state index in [2.05, 4.69) is 44.8 Å². The summed E-state index contributed by atoms with van der Waals surface area (Å²) in [7, 11) is 5.09. The SMILES string of the molecule is CCc1nc(-c2cccc(OC)c2OC)nc(NC)c1I. The summed E-state index contributed by atoms with van der Waals surface area (Å²) in [5.74, 6) is 2.77. The van der Waals surface area contributed by atoms with Crippen molar-refractivity contribution in [1.82, 2.24) is 9.97 Å². The van der Waals surface area contributed by atoms with Crippen molar-refractivity contribution < 1.29 is 9.47 Å². The fourth-order valence-corrected chi connectivity index (χ4v) is 2.97. The molecule has 0 fully saturated rings. The molecule has 0 atom stereocenters. The van der Waals surface area contributed by atoms with Gasteiger partial charge in [0.25, 0.3) is 0 Å². The molecule has 2 aromatic rings. The molecule has 0 aliphatic carbocycles. The van der Waals surface area contributed by atoms with Gasteiger partial charge < -0.3 is 14.8 Å². The van der Waals surface area contributed by atoms with Crippen LogP contribution in [0.3, 0.4) is 0 Å². The average Bonchev–Trinajstić information content (AvgIpc) is 2.54. The predicted octanol–water partition coefficient (Wildman–Crippen LogP) is 3.37. The largest absolute Gasteiger partial charge is 0.493 e. The highest BCUT2D eigenvalue weighted by molar-refractivity contribution is 14.1. The molecule has 112 valence electrons. The van der Waals surface area contributed by atoms with E-state index in [-0.39, 0.29) is 0 Å². The minimum Gasteiger partial charge on any atom is -0.493 e. The summed E-state index contributed by atoms with van der Waals surface area (Å²) in [5, 5.41) is 3.12. The van der Waals surface area contributed by atoms with Crippen molar-refractivity contribution in [2.75, 3.05) is 26.6 Å². The molecule has 6 heteroatoms. The number of benzene rings is 1. The van der Waals surface area contributed by atoms with E-state index in [4.69, 9.17) is 9.47 Å². The highest BCUT2D eigenvalue weighted by Gasteiger charge is 2.17. The van der Waals surface area contributed by atoms with Gasteiger partial charge in [-0.1, -0.05) is 13.0 Å². The van der Waals surface area contributed by atoms with Crippen LogP contribution in [-0.4, -0.2) is 31.2 Å². The lowest BCUT2D eigenvalue weighted by atomic mass is 10.1. The molecule has 0 spiro atoms. The minimum absolute atomic E-state index is 0.632. The van der Waals surface area contributed by atoms with Crippen LogP contribution in [0.15, 0.2) is 18.2 Å². The Labute approximate surface area is 138 Å². The summed E-state index contributed by atoms with van der Waals surface area (Å²) < 4.78 is 11.9. The Morgan fingerprint density at radius 1 is 1.19 bits per heavy atom. The highest BCUT2D eigenvalue weighted by Crippen LogP contribution is 2.37. The van der Waals surface area contributed by atoms with Gasteiger partial charge in [-0.2, -0.15) is 0 Å². The lowest BCUT2D eigenvalue weighted by Gasteiger charge is -2.14. The van der Waals surface area contributed by atoms with Gasteiger partial charge in [0.05, 0.1) is 29.0 Å². The lowest BCUT2D eigenvalue weighted by Crippen LogP contribution is -2.05. The van der Waals surface area contributed by atoms with E-state index in [0.29, 0.717) is 17.3 Å². The van der Waals surface area contributed by atoms with Gasteiger partial charge in [-0.15, -0.1) is 0 Å². The van der Waals surface area contributed by atoms with Gasteiger partial charge in [0.1, 0.15) is 5.82 Å². The number of para-hydroxylation sites is 1. The van der Waals surface area contributed by atoms with Crippen LogP contribution in [0.2, 0.25) is 0 Å². The minimum atomic E-state index is 0.632. The van der Waals surface area contributed by atoms with Crippen LogP contribution < -0.4 is 14.8 Å². The Bertz CT molecular complexity index is 622. The summed E-state index contributed by atoms with van der Waals surface area (Å²) in [6, 6.07) is 5.69. The quantitative estimate of drug-likeness (QED) is 0.782. The van der Waals surface area contributed by atoms with Crippen LogP contribution in [0, 0.1) is 3.57 Å². The third-order valence-electron chi connectivity index (χ3n) is 3.14. The first-order valence-electron chi connectivity index (χ1n) is 6.61. The van der Waals surface area contributed by atoms with Crippen LogP contribution in [0.4, 0.5) is 5.82 Å². The van der Waals surface area contributed by atoms with Gasteiger partial charge in [-0.3, -0.25) is 0 Å². The van der Waals surface area contributed by atoms with Crippen LogP contribution in [0.5, 0.6) is 11.5 Å². The Kier molecular flexibility index (Phi) is 5.22. The Balaban J connectivity index is 2.67. The van der Waals surface area contributed by atoms with Gasteiger partial charge in [-0.25, -0.2) is 9.97 Å². The summed E-state index contributed by atoms with van der Waals surface area (Å²) in [4.78, 5) is 9.25. The van der Waals surface area contributed by atoms with Crippen molar-refractivity contribution >= 4 is 28.4 Å². The fraction of sp³-hybridized carbons (Fsp3) is 0.333. The first kappa shape index (κ1) is 15.8. The van der Waals surface area contributed by atoms with Gasteiger partial charge in [0, 0.05) is 7.05 Å². The average molecular weight is 399 g/mol. The second-order valence-electron chi connectivity index (χ2n) is 4.30. The summed E-state index contributed by atoms with van der Waals surface area (Å²) in [6.07, 6.45) is 0.842. The molecule has 21 heavy (non-hydrogen) atoms. The lowest BCUT2D eigenvalue weighted by molar-refractivity contribution is 0.356. The summed E-state index contributed by atoms with van der Waals surface area (Å²) in [6.45, 7) is 2.08. The second kappa shape index (κ2) is 6.93. The number of anilines is 1. The van der Waals surface area contributed by atoms with Crippen LogP contribution in [0.25, 0.3) is 11.4 Å². The molecule has 1 aromatic carbocycles. The van der Waals surface area contributed by atoms with E-state index in [1.807, 2.05) is 25.2 Å². The number of rotatable bonds is 5. The Morgan fingerprint density at radius 2 is 1.95 bits per heavy atom. The fourth-order valence-electron chi connectivity index (χ4n) is 2.08. The van der Waals surface area contributed by atoms with Crippen molar-refractivity contribution in [2.24, 2.45) is 0 Å². The van der Waals surface area contributed by atoms with Crippen molar-refractivity contribution in [1.29, 1.82) is 0 Å².